The molecule has 0 aliphatic carbocycles. The van der Waals surface area contributed by atoms with Crippen molar-refractivity contribution in [2.75, 3.05) is 7.11 Å². The van der Waals surface area contributed by atoms with E-state index in [1.54, 1.807) is 6.07 Å². The lowest BCUT2D eigenvalue weighted by Gasteiger charge is -2.06. The standard InChI is InChI=1S/C20H17BrClNO3/c1-26-20(25)9-8-19(24)17-12-23(11-13-2-4-14(21)5-3-13)18-7-6-15(22)10-16(17)18/h2-7,10,12H,8-9,11H2,1H3. The van der Waals surface area contributed by atoms with Crippen molar-refractivity contribution in [3.8, 4) is 0 Å². The molecule has 0 bridgehead atoms. The number of hydrogen-bond acceptors (Lipinski definition) is 3. The molecule has 0 amide bonds. The highest BCUT2D eigenvalue weighted by atomic mass is 79.9. The van der Waals surface area contributed by atoms with Crippen molar-refractivity contribution in [1.82, 2.24) is 4.57 Å². The van der Waals surface area contributed by atoms with E-state index in [2.05, 4.69) is 20.7 Å². The first kappa shape index (κ1) is 18.7. The zero-order valence-electron chi connectivity index (χ0n) is 14.2. The van der Waals surface area contributed by atoms with Crippen LogP contribution in [0.1, 0.15) is 28.8 Å². The molecule has 3 rings (SSSR count). The molecule has 2 aromatic carbocycles. The predicted octanol–water partition coefficient (Wildman–Crippen LogP) is 5.24. The van der Waals surface area contributed by atoms with Crippen molar-refractivity contribution >= 4 is 50.2 Å². The fourth-order valence-corrected chi connectivity index (χ4v) is 3.30. The summed E-state index contributed by atoms with van der Waals surface area (Å²) in [4.78, 5) is 24.0. The molecule has 1 heterocycles. The Balaban J connectivity index is 1.95. The van der Waals surface area contributed by atoms with Gasteiger partial charge < -0.3 is 9.30 Å². The highest BCUT2D eigenvalue weighted by molar-refractivity contribution is 9.10. The average Bonchev–Trinajstić information content (AvgIpc) is 2.98. The number of methoxy groups -OCH3 is 1. The first-order valence-corrected chi connectivity index (χ1v) is 9.28. The average molecular weight is 435 g/mol. The highest BCUT2D eigenvalue weighted by Crippen LogP contribution is 2.27. The Kier molecular flexibility index (Phi) is 5.79. The van der Waals surface area contributed by atoms with Crippen molar-refractivity contribution in [3.63, 3.8) is 0 Å². The van der Waals surface area contributed by atoms with Crippen LogP contribution < -0.4 is 0 Å². The van der Waals surface area contributed by atoms with Crippen LogP contribution >= 0.6 is 27.5 Å². The lowest BCUT2D eigenvalue weighted by atomic mass is 10.1. The molecule has 1 aromatic heterocycles. The summed E-state index contributed by atoms with van der Waals surface area (Å²) in [7, 11) is 1.32. The summed E-state index contributed by atoms with van der Waals surface area (Å²) in [5.41, 5.74) is 2.62. The molecule has 0 atom stereocenters. The van der Waals surface area contributed by atoms with Gasteiger partial charge in [0.1, 0.15) is 0 Å². The van der Waals surface area contributed by atoms with Crippen LogP contribution in [0.5, 0.6) is 0 Å². The normalized spacial score (nSPS) is 10.9. The number of carbonyl (C=O) groups is 2. The minimum atomic E-state index is -0.394. The molecule has 0 saturated heterocycles. The molecule has 6 heteroatoms. The summed E-state index contributed by atoms with van der Waals surface area (Å²) in [6.45, 7) is 0.635. The van der Waals surface area contributed by atoms with Crippen molar-refractivity contribution < 1.29 is 14.3 Å². The van der Waals surface area contributed by atoms with E-state index in [4.69, 9.17) is 11.6 Å². The quantitative estimate of drug-likeness (QED) is 0.394. The molecule has 3 aromatic rings. The van der Waals surface area contributed by atoms with Crippen LogP contribution in [0.25, 0.3) is 10.9 Å². The molecular weight excluding hydrogens is 418 g/mol. The number of Topliss-reactive ketones (excluding diaryl/α,β-unsaturated/α-hetero) is 1. The number of hydrogen-bond donors (Lipinski definition) is 0. The zero-order valence-corrected chi connectivity index (χ0v) is 16.5. The fraction of sp³-hybridized carbons (Fsp3) is 0.200. The number of fused-ring (bicyclic) bond motifs is 1. The van der Waals surface area contributed by atoms with Crippen molar-refractivity contribution in [2.45, 2.75) is 19.4 Å². The lowest BCUT2D eigenvalue weighted by molar-refractivity contribution is -0.140. The third-order valence-corrected chi connectivity index (χ3v) is 4.96. The van der Waals surface area contributed by atoms with Crippen LogP contribution in [0.2, 0.25) is 5.02 Å². The van der Waals surface area contributed by atoms with Crippen molar-refractivity contribution in [1.29, 1.82) is 0 Å². The minimum absolute atomic E-state index is 0.0648. The number of nitrogens with zero attached hydrogens (tertiary/aromatic N) is 1. The van der Waals surface area contributed by atoms with Crippen molar-refractivity contribution in [3.05, 3.63) is 69.3 Å². The first-order valence-electron chi connectivity index (χ1n) is 8.11. The van der Waals surface area contributed by atoms with Gasteiger partial charge in [-0.2, -0.15) is 0 Å². The molecule has 4 nitrogen and oxygen atoms in total. The second kappa shape index (κ2) is 8.06. The Morgan fingerprint density at radius 1 is 1.12 bits per heavy atom. The number of ketones is 1. The number of benzene rings is 2. The SMILES string of the molecule is COC(=O)CCC(=O)c1cn(Cc2ccc(Br)cc2)c2ccc(Cl)cc12. The summed E-state index contributed by atoms with van der Waals surface area (Å²) >= 11 is 9.57. The Morgan fingerprint density at radius 3 is 2.54 bits per heavy atom. The number of carbonyl (C=O) groups excluding carboxylic acids is 2. The van der Waals surface area contributed by atoms with E-state index in [-0.39, 0.29) is 18.6 Å². The summed E-state index contributed by atoms with van der Waals surface area (Å²) in [6.07, 6.45) is 2.01. The molecule has 0 spiro atoms. The molecule has 0 saturated carbocycles. The van der Waals surface area contributed by atoms with Gasteiger partial charge in [-0.05, 0) is 35.9 Å². The number of ether oxygens (including phenoxy) is 1. The Bertz CT molecular complexity index is 963. The first-order chi connectivity index (χ1) is 12.5. The van der Waals surface area contributed by atoms with Crippen LogP contribution in [0.3, 0.4) is 0 Å². The molecule has 26 heavy (non-hydrogen) atoms. The van der Waals surface area contributed by atoms with Gasteiger partial charge in [-0.25, -0.2) is 0 Å². The van der Waals surface area contributed by atoms with Crippen LogP contribution in [0.15, 0.2) is 53.1 Å². The number of esters is 1. The van der Waals surface area contributed by atoms with E-state index in [1.807, 2.05) is 47.2 Å². The maximum Gasteiger partial charge on any atom is 0.305 e. The molecule has 0 fully saturated rings. The summed E-state index contributed by atoms with van der Waals surface area (Å²) < 4.78 is 7.66. The molecular formula is C20H17BrClNO3. The van der Waals surface area contributed by atoms with Gasteiger partial charge in [0.15, 0.2) is 5.78 Å². The second-order valence-corrected chi connectivity index (χ2v) is 7.31. The molecule has 0 aliphatic rings. The topological polar surface area (TPSA) is 48.3 Å². The second-order valence-electron chi connectivity index (χ2n) is 5.96. The lowest BCUT2D eigenvalue weighted by Crippen LogP contribution is -2.06. The van der Waals surface area contributed by atoms with Crippen LogP contribution in [-0.4, -0.2) is 23.4 Å². The van der Waals surface area contributed by atoms with Gasteiger partial charge in [-0.3, -0.25) is 9.59 Å². The van der Waals surface area contributed by atoms with Crippen LogP contribution in [-0.2, 0) is 16.1 Å². The highest BCUT2D eigenvalue weighted by Gasteiger charge is 2.17. The van der Waals surface area contributed by atoms with E-state index in [0.29, 0.717) is 17.1 Å². The fourth-order valence-electron chi connectivity index (χ4n) is 2.86. The number of rotatable bonds is 6. The maximum absolute atomic E-state index is 12.6. The van der Waals surface area contributed by atoms with Gasteiger partial charge in [-0.15, -0.1) is 0 Å². The van der Waals surface area contributed by atoms with E-state index in [0.717, 1.165) is 20.9 Å². The van der Waals surface area contributed by atoms with E-state index >= 15 is 0 Å². The molecule has 0 aliphatic heterocycles. The molecule has 0 unspecified atom stereocenters. The zero-order chi connectivity index (χ0) is 18.7. The summed E-state index contributed by atoms with van der Waals surface area (Å²) in [5, 5.41) is 1.37. The minimum Gasteiger partial charge on any atom is -0.469 e. The smallest absolute Gasteiger partial charge is 0.305 e. The third kappa shape index (κ3) is 4.17. The number of halogens is 2. The van der Waals surface area contributed by atoms with Crippen LogP contribution in [0.4, 0.5) is 0 Å². The van der Waals surface area contributed by atoms with Crippen molar-refractivity contribution in [2.24, 2.45) is 0 Å². The Hall–Kier alpha value is -2.11. The van der Waals surface area contributed by atoms with E-state index in [1.165, 1.54) is 7.11 Å². The summed E-state index contributed by atoms with van der Waals surface area (Å²) in [5.74, 6) is -0.493. The Labute approximate surface area is 164 Å². The van der Waals surface area contributed by atoms with Gasteiger partial charge in [0.2, 0.25) is 0 Å². The van der Waals surface area contributed by atoms with Gasteiger partial charge in [0.05, 0.1) is 13.5 Å². The summed E-state index contributed by atoms with van der Waals surface area (Å²) in [6, 6.07) is 13.6. The van der Waals surface area contributed by atoms with Gasteiger partial charge in [-0.1, -0.05) is 39.7 Å². The van der Waals surface area contributed by atoms with Gasteiger partial charge in [0, 0.05) is 45.1 Å². The predicted molar refractivity (Wildman–Crippen MR) is 106 cm³/mol. The van der Waals surface area contributed by atoms with E-state index in [9.17, 15) is 9.59 Å². The van der Waals surface area contributed by atoms with E-state index < -0.39 is 5.97 Å². The molecule has 134 valence electrons. The largest absolute Gasteiger partial charge is 0.469 e. The Morgan fingerprint density at radius 2 is 1.85 bits per heavy atom. The molecule has 0 N–H and O–H groups in total. The maximum atomic E-state index is 12.6. The van der Waals surface area contributed by atoms with Gasteiger partial charge in [0.25, 0.3) is 0 Å². The van der Waals surface area contributed by atoms with Crippen LogP contribution in [0, 0.1) is 0 Å². The van der Waals surface area contributed by atoms with Gasteiger partial charge >= 0.3 is 5.97 Å². The molecule has 0 radical (unpaired) electrons. The third-order valence-electron chi connectivity index (χ3n) is 4.19. The monoisotopic (exact) mass is 433 g/mol. The number of aromatic nitrogens is 1.